The van der Waals surface area contributed by atoms with Crippen molar-refractivity contribution in [3.8, 4) is 6.07 Å². The number of halogens is 1. The van der Waals surface area contributed by atoms with E-state index in [-0.39, 0.29) is 6.10 Å². The first-order valence-electron chi connectivity index (χ1n) is 4.50. The minimum absolute atomic E-state index is 0.298. The number of hydrogen-bond donors (Lipinski definition) is 1. The second kappa shape index (κ2) is 5.14. The van der Waals surface area contributed by atoms with Crippen LogP contribution in [0.1, 0.15) is 24.5 Å². The van der Waals surface area contributed by atoms with Crippen LogP contribution in [0.2, 0.25) is 0 Å². The largest absolute Gasteiger partial charge is 0.393 e. The van der Waals surface area contributed by atoms with E-state index < -0.39 is 0 Å². The lowest BCUT2D eigenvalue weighted by molar-refractivity contribution is 0.185. The number of benzene rings is 1. The molecule has 0 fully saturated rings. The fourth-order valence-corrected chi connectivity index (χ4v) is 1.65. The number of nitrogens with zero attached hydrogens (tertiary/aromatic N) is 1. The summed E-state index contributed by atoms with van der Waals surface area (Å²) in [6, 6.07) is 7.60. The summed E-state index contributed by atoms with van der Waals surface area (Å²) >= 11 is 3.42. The van der Waals surface area contributed by atoms with Crippen molar-refractivity contribution in [2.45, 2.75) is 25.9 Å². The third kappa shape index (κ3) is 3.13. The van der Waals surface area contributed by atoms with E-state index in [0.717, 1.165) is 16.5 Å². The molecule has 0 heterocycles. The molecular weight excluding hydrogens is 242 g/mol. The predicted octanol–water partition coefficient (Wildman–Crippen LogP) is 2.63. The first-order chi connectivity index (χ1) is 6.63. The predicted molar refractivity (Wildman–Crippen MR) is 58.9 cm³/mol. The van der Waals surface area contributed by atoms with Crippen LogP contribution in [0.25, 0.3) is 0 Å². The molecule has 0 saturated heterocycles. The van der Waals surface area contributed by atoms with Crippen LogP contribution < -0.4 is 0 Å². The molecule has 0 aliphatic rings. The molecular formula is C11H12BrNO. The van der Waals surface area contributed by atoms with Gasteiger partial charge in [0.25, 0.3) is 0 Å². The SMILES string of the molecule is C[C@@H](O)CCc1cc(C#N)ccc1Br. The Hall–Kier alpha value is -0.850. The van der Waals surface area contributed by atoms with E-state index in [4.69, 9.17) is 10.4 Å². The standard InChI is InChI=1S/C11H12BrNO/c1-8(14)2-4-10-6-9(7-13)3-5-11(10)12/h3,5-6,8,14H,2,4H2,1H3/t8-/m1/s1. The van der Waals surface area contributed by atoms with Crippen LogP contribution >= 0.6 is 15.9 Å². The van der Waals surface area contributed by atoms with E-state index in [1.165, 1.54) is 0 Å². The zero-order valence-corrected chi connectivity index (χ0v) is 9.58. The zero-order valence-electron chi connectivity index (χ0n) is 8.00. The smallest absolute Gasteiger partial charge is 0.0991 e. The topological polar surface area (TPSA) is 44.0 Å². The summed E-state index contributed by atoms with van der Waals surface area (Å²) in [5.74, 6) is 0. The van der Waals surface area contributed by atoms with Crippen LogP contribution in [0.3, 0.4) is 0 Å². The lowest BCUT2D eigenvalue weighted by Crippen LogP contribution is -2.01. The van der Waals surface area contributed by atoms with Crippen molar-refractivity contribution in [2.75, 3.05) is 0 Å². The van der Waals surface area contributed by atoms with E-state index in [9.17, 15) is 0 Å². The number of aliphatic hydroxyl groups excluding tert-OH is 1. The quantitative estimate of drug-likeness (QED) is 0.901. The van der Waals surface area contributed by atoms with Gasteiger partial charge in [-0.25, -0.2) is 0 Å². The fourth-order valence-electron chi connectivity index (χ4n) is 1.20. The Kier molecular flexibility index (Phi) is 4.12. The molecule has 0 aliphatic heterocycles. The van der Waals surface area contributed by atoms with Crippen molar-refractivity contribution >= 4 is 15.9 Å². The van der Waals surface area contributed by atoms with Crippen molar-refractivity contribution in [1.82, 2.24) is 0 Å². The van der Waals surface area contributed by atoms with Gasteiger partial charge in [-0.15, -0.1) is 0 Å². The summed E-state index contributed by atoms with van der Waals surface area (Å²) < 4.78 is 0.997. The molecule has 2 nitrogen and oxygen atoms in total. The van der Waals surface area contributed by atoms with Gasteiger partial charge in [0.1, 0.15) is 0 Å². The Labute approximate surface area is 92.3 Å². The Bertz CT molecular complexity index is 355. The number of hydrogen-bond acceptors (Lipinski definition) is 2. The van der Waals surface area contributed by atoms with E-state index in [1.54, 1.807) is 13.0 Å². The van der Waals surface area contributed by atoms with Crippen LogP contribution in [-0.2, 0) is 6.42 Å². The monoisotopic (exact) mass is 253 g/mol. The highest BCUT2D eigenvalue weighted by atomic mass is 79.9. The first-order valence-corrected chi connectivity index (χ1v) is 5.29. The molecule has 1 aromatic rings. The summed E-state index contributed by atoms with van der Waals surface area (Å²) in [6.07, 6.45) is 1.20. The van der Waals surface area contributed by atoms with Gasteiger partial charge in [0.2, 0.25) is 0 Å². The molecule has 1 rings (SSSR count). The van der Waals surface area contributed by atoms with Crippen molar-refractivity contribution in [2.24, 2.45) is 0 Å². The molecule has 1 N–H and O–H groups in total. The summed E-state index contributed by atoms with van der Waals surface area (Å²) in [5.41, 5.74) is 1.73. The Morgan fingerprint density at radius 3 is 2.86 bits per heavy atom. The lowest BCUT2D eigenvalue weighted by atomic mass is 10.1. The van der Waals surface area contributed by atoms with Crippen LogP contribution in [-0.4, -0.2) is 11.2 Å². The van der Waals surface area contributed by atoms with Gasteiger partial charge in [0.05, 0.1) is 17.7 Å². The van der Waals surface area contributed by atoms with Crippen molar-refractivity contribution in [3.63, 3.8) is 0 Å². The van der Waals surface area contributed by atoms with Gasteiger partial charge in [-0.3, -0.25) is 0 Å². The van der Waals surface area contributed by atoms with Gasteiger partial charge in [-0.05, 0) is 43.5 Å². The first kappa shape index (κ1) is 11.2. The molecule has 14 heavy (non-hydrogen) atoms. The zero-order chi connectivity index (χ0) is 10.6. The Morgan fingerprint density at radius 2 is 2.29 bits per heavy atom. The van der Waals surface area contributed by atoms with E-state index >= 15 is 0 Å². The maximum Gasteiger partial charge on any atom is 0.0991 e. The van der Waals surface area contributed by atoms with E-state index in [0.29, 0.717) is 12.0 Å². The number of rotatable bonds is 3. The van der Waals surface area contributed by atoms with Crippen LogP contribution in [0, 0.1) is 11.3 Å². The number of aryl methyl sites for hydroxylation is 1. The van der Waals surface area contributed by atoms with Crippen molar-refractivity contribution < 1.29 is 5.11 Å². The third-order valence-corrected chi connectivity index (χ3v) is 2.78. The highest BCUT2D eigenvalue weighted by Gasteiger charge is 2.03. The molecule has 1 atom stereocenters. The van der Waals surface area contributed by atoms with Gasteiger partial charge in [0, 0.05) is 4.47 Å². The summed E-state index contributed by atoms with van der Waals surface area (Å²) in [5, 5.41) is 17.9. The molecule has 0 aliphatic carbocycles. The number of aliphatic hydroxyl groups is 1. The molecule has 0 amide bonds. The van der Waals surface area contributed by atoms with Crippen LogP contribution in [0.5, 0.6) is 0 Å². The second-order valence-corrected chi connectivity index (χ2v) is 4.16. The van der Waals surface area contributed by atoms with Crippen LogP contribution in [0.4, 0.5) is 0 Å². The van der Waals surface area contributed by atoms with E-state index in [2.05, 4.69) is 22.0 Å². The van der Waals surface area contributed by atoms with Crippen LogP contribution in [0.15, 0.2) is 22.7 Å². The molecule has 0 aromatic heterocycles. The maximum atomic E-state index is 9.15. The molecule has 3 heteroatoms. The minimum atomic E-state index is -0.298. The lowest BCUT2D eigenvalue weighted by Gasteiger charge is -2.06. The average Bonchev–Trinajstić information content (AvgIpc) is 2.16. The third-order valence-electron chi connectivity index (χ3n) is 2.01. The fraction of sp³-hybridized carbons (Fsp3) is 0.364. The normalized spacial score (nSPS) is 12.1. The highest BCUT2D eigenvalue weighted by molar-refractivity contribution is 9.10. The van der Waals surface area contributed by atoms with Gasteiger partial charge in [-0.2, -0.15) is 5.26 Å². The molecule has 0 unspecified atom stereocenters. The molecule has 74 valence electrons. The van der Waals surface area contributed by atoms with Gasteiger partial charge in [0.15, 0.2) is 0 Å². The Morgan fingerprint density at radius 1 is 1.57 bits per heavy atom. The minimum Gasteiger partial charge on any atom is -0.393 e. The summed E-state index contributed by atoms with van der Waals surface area (Å²) in [6.45, 7) is 1.77. The van der Waals surface area contributed by atoms with E-state index in [1.807, 2.05) is 12.1 Å². The average molecular weight is 254 g/mol. The summed E-state index contributed by atoms with van der Waals surface area (Å²) in [7, 11) is 0. The summed E-state index contributed by atoms with van der Waals surface area (Å²) in [4.78, 5) is 0. The van der Waals surface area contributed by atoms with Gasteiger partial charge >= 0.3 is 0 Å². The second-order valence-electron chi connectivity index (χ2n) is 3.31. The molecule has 0 bridgehead atoms. The number of nitriles is 1. The van der Waals surface area contributed by atoms with Crippen molar-refractivity contribution in [1.29, 1.82) is 5.26 Å². The molecule has 0 radical (unpaired) electrons. The van der Waals surface area contributed by atoms with Gasteiger partial charge < -0.3 is 5.11 Å². The van der Waals surface area contributed by atoms with Gasteiger partial charge in [-0.1, -0.05) is 15.9 Å². The highest BCUT2D eigenvalue weighted by Crippen LogP contribution is 2.20. The molecule has 1 aromatic carbocycles. The molecule has 0 spiro atoms. The Balaban J connectivity index is 2.80. The molecule has 0 saturated carbocycles. The van der Waals surface area contributed by atoms with Crippen molar-refractivity contribution in [3.05, 3.63) is 33.8 Å². The maximum absolute atomic E-state index is 9.15.